The molecule has 1 saturated carbocycles. The van der Waals surface area contributed by atoms with E-state index in [-0.39, 0.29) is 17.9 Å². The topological polar surface area (TPSA) is 72.9 Å². The van der Waals surface area contributed by atoms with E-state index in [0.717, 1.165) is 31.2 Å². The van der Waals surface area contributed by atoms with Gasteiger partial charge in [-0.1, -0.05) is 6.42 Å². The number of amides is 1. The van der Waals surface area contributed by atoms with E-state index >= 15 is 0 Å². The molecule has 2 rings (SSSR count). The van der Waals surface area contributed by atoms with Gasteiger partial charge in [0, 0.05) is 37.3 Å². The van der Waals surface area contributed by atoms with E-state index in [1.165, 1.54) is 0 Å². The quantitative estimate of drug-likeness (QED) is 0.805. The number of carbonyl (C=O) groups excluding carboxylic acids is 1. The Bertz CT molecular complexity index is 388. The molecule has 0 radical (unpaired) electrons. The largest absolute Gasteiger partial charge is 0.352 e. The summed E-state index contributed by atoms with van der Waals surface area (Å²) in [5.74, 6) is 0.222. The van der Waals surface area contributed by atoms with Crippen LogP contribution in [0.25, 0.3) is 0 Å². The van der Waals surface area contributed by atoms with Gasteiger partial charge < -0.3 is 11.1 Å². The standard InChI is InChI=1S/C12H20N4O/c1-16-8-9(7-15-16)6-14-12(17)10-3-2-4-11(13)5-10/h7-8,10-11H,2-6,13H2,1H3,(H,14,17). The van der Waals surface area contributed by atoms with Gasteiger partial charge in [-0.05, 0) is 19.3 Å². The third kappa shape index (κ3) is 3.30. The molecule has 0 spiro atoms. The average Bonchev–Trinajstić information content (AvgIpc) is 2.72. The predicted molar refractivity (Wildman–Crippen MR) is 65.0 cm³/mol. The Morgan fingerprint density at radius 2 is 2.47 bits per heavy atom. The lowest BCUT2D eigenvalue weighted by molar-refractivity contribution is -0.126. The Hall–Kier alpha value is -1.36. The lowest BCUT2D eigenvalue weighted by Crippen LogP contribution is -2.37. The maximum atomic E-state index is 11.9. The van der Waals surface area contributed by atoms with Crippen LogP contribution in [-0.4, -0.2) is 21.7 Å². The molecule has 17 heavy (non-hydrogen) atoms. The Morgan fingerprint density at radius 3 is 3.12 bits per heavy atom. The Kier molecular flexibility index (Phi) is 3.78. The van der Waals surface area contributed by atoms with Crippen LogP contribution in [-0.2, 0) is 18.4 Å². The second kappa shape index (κ2) is 5.31. The highest BCUT2D eigenvalue weighted by atomic mass is 16.1. The van der Waals surface area contributed by atoms with Gasteiger partial charge in [-0.3, -0.25) is 9.48 Å². The molecule has 1 aromatic rings. The van der Waals surface area contributed by atoms with Gasteiger partial charge in [0.05, 0.1) is 6.20 Å². The van der Waals surface area contributed by atoms with Gasteiger partial charge >= 0.3 is 0 Å². The summed E-state index contributed by atoms with van der Waals surface area (Å²) in [4.78, 5) is 11.9. The van der Waals surface area contributed by atoms with Crippen molar-refractivity contribution in [2.24, 2.45) is 18.7 Å². The maximum Gasteiger partial charge on any atom is 0.223 e. The van der Waals surface area contributed by atoms with Gasteiger partial charge in [0.2, 0.25) is 5.91 Å². The summed E-state index contributed by atoms with van der Waals surface area (Å²) < 4.78 is 1.73. The van der Waals surface area contributed by atoms with E-state index in [9.17, 15) is 4.79 Å². The molecule has 5 nitrogen and oxygen atoms in total. The van der Waals surface area contributed by atoms with Crippen molar-refractivity contribution in [1.29, 1.82) is 0 Å². The average molecular weight is 236 g/mol. The van der Waals surface area contributed by atoms with E-state index in [0.29, 0.717) is 6.54 Å². The van der Waals surface area contributed by atoms with Crippen LogP contribution in [0.15, 0.2) is 12.4 Å². The molecule has 2 atom stereocenters. The minimum atomic E-state index is 0.0930. The van der Waals surface area contributed by atoms with Crippen LogP contribution < -0.4 is 11.1 Å². The second-order valence-corrected chi connectivity index (χ2v) is 4.86. The van der Waals surface area contributed by atoms with Gasteiger partial charge in [-0.15, -0.1) is 0 Å². The van der Waals surface area contributed by atoms with Crippen LogP contribution in [0.1, 0.15) is 31.2 Å². The number of hydrogen-bond donors (Lipinski definition) is 2. The number of carbonyl (C=O) groups is 1. The smallest absolute Gasteiger partial charge is 0.223 e. The van der Waals surface area contributed by atoms with Crippen molar-refractivity contribution < 1.29 is 4.79 Å². The SMILES string of the molecule is Cn1cc(CNC(=O)C2CCCC(N)C2)cn1. The molecule has 2 unspecified atom stereocenters. The fourth-order valence-electron chi connectivity index (χ4n) is 2.36. The minimum Gasteiger partial charge on any atom is -0.352 e. The fourth-order valence-corrected chi connectivity index (χ4v) is 2.36. The van der Waals surface area contributed by atoms with Crippen molar-refractivity contribution in [2.75, 3.05) is 0 Å². The molecule has 3 N–H and O–H groups in total. The van der Waals surface area contributed by atoms with Crippen molar-refractivity contribution in [2.45, 2.75) is 38.3 Å². The van der Waals surface area contributed by atoms with Crippen LogP contribution in [0, 0.1) is 5.92 Å². The molecule has 94 valence electrons. The first-order chi connectivity index (χ1) is 8.15. The molecule has 1 amide bonds. The molecule has 1 heterocycles. The van der Waals surface area contributed by atoms with Gasteiger partial charge in [-0.2, -0.15) is 5.10 Å². The predicted octanol–water partition coefficient (Wildman–Crippen LogP) is 0.554. The molecule has 5 heteroatoms. The second-order valence-electron chi connectivity index (χ2n) is 4.86. The summed E-state index contributed by atoms with van der Waals surface area (Å²) in [6.07, 6.45) is 7.57. The van der Waals surface area contributed by atoms with E-state index in [1.807, 2.05) is 13.2 Å². The summed E-state index contributed by atoms with van der Waals surface area (Å²) in [5, 5.41) is 7.02. The summed E-state index contributed by atoms with van der Waals surface area (Å²) in [6.45, 7) is 0.554. The summed E-state index contributed by atoms with van der Waals surface area (Å²) >= 11 is 0. The first-order valence-electron chi connectivity index (χ1n) is 6.16. The highest BCUT2D eigenvalue weighted by Gasteiger charge is 2.24. The lowest BCUT2D eigenvalue weighted by Gasteiger charge is -2.25. The zero-order valence-corrected chi connectivity index (χ0v) is 10.2. The zero-order chi connectivity index (χ0) is 12.3. The van der Waals surface area contributed by atoms with Crippen molar-refractivity contribution in [3.05, 3.63) is 18.0 Å². The molecular weight excluding hydrogens is 216 g/mol. The number of nitrogens with two attached hydrogens (primary N) is 1. The molecule has 0 aromatic carbocycles. The van der Waals surface area contributed by atoms with E-state index < -0.39 is 0 Å². The molecule has 1 aromatic heterocycles. The van der Waals surface area contributed by atoms with Gasteiger partial charge in [0.25, 0.3) is 0 Å². The van der Waals surface area contributed by atoms with Gasteiger partial charge in [0.15, 0.2) is 0 Å². The Morgan fingerprint density at radius 1 is 1.65 bits per heavy atom. The third-order valence-corrected chi connectivity index (χ3v) is 3.31. The molecule has 1 aliphatic rings. The van der Waals surface area contributed by atoms with E-state index in [4.69, 9.17) is 5.73 Å². The summed E-state index contributed by atoms with van der Waals surface area (Å²) in [7, 11) is 1.87. The van der Waals surface area contributed by atoms with Gasteiger partial charge in [-0.25, -0.2) is 0 Å². The van der Waals surface area contributed by atoms with Crippen LogP contribution in [0.5, 0.6) is 0 Å². The molecule has 1 fully saturated rings. The number of rotatable bonds is 3. The van der Waals surface area contributed by atoms with Gasteiger partial charge in [0.1, 0.15) is 0 Å². The van der Waals surface area contributed by atoms with E-state index in [1.54, 1.807) is 10.9 Å². The maximum absolute atomic E-state index is 11.9. The highest BCUT2D eigenvalue weighted by molar-refractivity contribution is 5.78. The van der Waals surface area contributed by atoms with Crippen LogP contribution >= 0.6 is 0 Å². The van der Waals surface area contributed by atoms with Crippen molar-refractivity contribution in [1.82, 2.24) is 15.1 Å². The van der Waals surface area contributed by atoms with Crippen molar-refractivity contribution in [3.63, 3.8) is 0 Å². The monoisotopic (exact) mass is 236 g/mol. The first kappa shape index (κ1) is 12.1. The van der Waals surface area contributed by atoms with Crippen LogP contribution in [0.3, 0.4) is 0 Å². The minimum absolute atomic E-state index is 0.0930. The molecule has 1 aliphatic carbocycles. The van der Waals surface area contributed by atoms with Crippen molar-refractivity contribution >= 4 is 5.91 Å². The fraction of sp³-hybridized carbons (Fsp3) is 0.667. The summed E-state index contributed by atoms with van der Waals surface area (Å²) in [5.41, 5.74) is 6.91. The first-order valence-corrected chi connectivity index (χ1v) is 6.16. The number of hydrogen-bond acceptors (Lipinski definition) is 3. The normalized spacial score (nSPS) is 24.6. The van der Waals surface area contributed by atoms with E-state index in [2.05, 4.69) is 10.4 Å². The molecular formula is C12H20N4O. The Labute approximate surface area is 101 Å². The van der Waals surface area contributed by atoms with Crippen LogP contribution in [0.4, 0.5) is 0 Å². The highest BCUT2D eigenvalue weighted by Crippen LogP contribution is 2.23. The number of aromatic nitrogens is 2. The summed E-state index contributed by atoms with van der Waals surface area (Å²) in [6, 6.07) is 0.192. The Balaban J connectivity index is 1.80. The molecule has 0 saturated heterocycles. The number of nitrogens with one attached hydrogen (secondary N) is 1. The number of nitrogens with zero attached hydrogens (tertiary/aromatic N) is 2. The van der Waals surface area contributed by atoms with Crippen molar-refractivity contribution in [3.8, 4) is 0 Å². The molecule has 0 aliphatic heterocycles. The molecule has 0 bridgehead atoms. The third-order valence-electron chi connectivity index (χ3n) is 3.31. The number of aryl methyl sites for hydroxylation is 1. The van der Waals surface area contributed by atoms with Crippen LogP contribution in [0.2, 0.25) is 0 Å². The zero-order valence-electron chi connectivity index (χ0n) is 10.2. The lowest BCUT2D eigenvalue weighted by atomic mass is 9.85.